The zero-order valence-corrected chi connectivity index (χ0v) is 16.0. The van der Waals surface area contributed by atoms with Gasteiger partial charge in [0.25, 0.3) is 0 Å². The van der Waals surface area contributed by atoms with Gasteiger partial charge >= 0.3 is 0 Å². The normalized spacial score (nSPS) is 16.6. The van der Waals surface area contributed by atoms with Crippen LogP contribution in [0.25, 0.3) is 0 Å². The van der Waals surface area contributed by atoms with Crippen molar-refractivity contribution < 1.29 is 4.42 Å². The van der Waals surface area contributed by atoms with Crippen LogP contribution in [0.5, 0.6) is 0 Å². The van der Waals surface area contributed by atoms with E-state index in [4.69, 9.17) is 16.0 Å². The van der Waals surface area contributed by atoms with Crippen molar-refractivity contribution in [2.75, 3.05) is 33.2 Å². The summed E-state index contributed by atoms with van der Waals surface area (Å²) in [5, 5.41) is 7.62. The van der Waals surface area contributed by atoms with Gasteiger partial charge in [0.15, 0.2) is 5.96 Å². The number of hydrogen-bond acceptors (Lipinski definition) is 3. The first-order valence-corrected chi connectivity index (χ1v) is 9.61. The fraction of sp³-hybridized carbons (Fsp3) is 0.450. The van der Waals surface area contributed by atoms with Crippen molar-refractivity contribution in [3.8, 4) is 0 Å². The van der Waals surface area contributed by atoms with E-state index in [1.165, 1.54) is 12.8 Å². The van der Waals surface area contributed by atoms with E-state index in [0.29, 0.717) is 0 Å². The minimum atomic E-state index is 0.231. The molecule has 1 aromatic carbocycles. The minimum absolute atomic E-state index is 0.231. The topological polar surface area (TPSA) is 52.8 Å². The van der Waals surface area contributed by atoms with Crippen molar-refractivity contribution in [3.63, 3.8) is 0 Å². The van der Waals surface area contributed by atoms with Gasteiger partial charge < -0.3 is 15.1 Å². The Labute approximate surface area is 160 Å². The molecule has 2 heterocycles. The predicted octanol–water partition coefficient (Wildman–Crippen LogP) is 3.48. The molecular weight excluding hydrogens is 348 g/mol. The molecule has 1 atom stereocenters. The van der Waals surface area contributed by atoms with Crippen molar-refractivity contribution in [2.24, 2.45) is 4.99 Å². The molecule has 2 aromatic rings. The highest BCUT2D eigenvalue weighted by Gasteiger charge is 2.25. The Bertz CT molecular complexity index is 696. The molecule has 5 nitrogen and oxygen atoms in total. The summed E-state index contributed by atoms with van der Waals surface area (Å²) in [6.45, 7) is 3.77. The molecule has 140 valence electrons. The SMILES string of the molecule is CN=C(NCCc1ccccc1Cl)NCC(c1ccco1)N1CCCC1. The number of halogens is 1. The summed E-state index contributed by atoms with van der Waals surface area (Å²) >= 11 is 6.22. The van der Waals surface area contributed by atoms with E-state index in [0.717, 1.165) is 54.9 Å². The monoisotopic (exact) mass is 374 g/mol. The largest absolute Gasteiger partial charge is 0.468 e. The van der Waals surface area contributed by atoms with Gasteiger partial charge in [0, 0.05) is 25.2 Å². The maximum Gasteiger partial charge on any atom is 0.191 e. The second-order valence-corrected chi connectivity index (χ2v) is 6.90. The van der Waals surface area contributed by atoms with E-state index >= 15 is 0 Å². The lowest BCUT2D eigenvalue weighted by Crippen LogP contribution is -2.43. The highest BCUT2D eigenvalue weighted by molar-refractivity contribution is 6.31. The standard InChI is InChI=1S/C20H27ClN4O/c1-22-20(23-11-10-16-7-2-3-8-17(16)21)24-15-18(19-9-6-14-26-19)25-12-4-5-13-25/h2-3,6-9,14,18H,4-5,10-13,15H2,1H3,(H2,22,23,24). The van der Waals surface area contributed by atoms with Crippen LogP contribution in [-0.4, -0.2) is 44.1 Å². The fourth-order valence-corrected chi connectivity index (χ4v) is 3.60. The van der Waals surface area contributed by atoms with Crippen molar-refractivity contribution >= 4 is 17.6 Å². The van der Waals surface area contributed by atoms with Crippen LogP contribution in [0.2, 0.25) is 5.02 Å². The molecule has 1 unspecified atom stereocenters. The third-order valence-corrected chi connectivity index (χ3v) is 5.15. The quantitative estimate of drug-likeness (QED) is 0.575. The zero-order valence-electron chi connectivity index (χ0n) is 15.2. The van der Waals surface area contributed by atoms with Crippen LogP contribution in [0.15, 0.2) is 52.1 Å². The van der Waals surface area contributed by atoms with E-state index in [9.17, 15) is 0 Å². The molecule has 0 radical (unpaired) electrons. The summed E-state index contributed by atoms with van der Waals surface area (Å²) in [4.78, 5) is 6.81. The number of furan rings is 1. The molecule has 1 fully saturated rings. The number of likely N-dealkylation sites (tertiary alicyclic amines) is 1. The van der Waals surface area contributed by atoms with Crippen LogP contribution in [0.1, 0.15) is 30.2 Å². The first-order valence-electron chi connectivity index (χ1n) is 9.23. The lowest BCUT2D eigenvalue weighted by Gasteiger charge is -2.26. The van der Waals surface area contributed by atoms with Gasteiger partial charge in [-0.15, -0.1) is 0 Å². The molecule has 0 spiro atoms. The summed E-state index contributed by atoms with van der Waals surface area (Å²) in [6, 6.07) is 12.2. The van der Waals surface area contributed by atoms with E-state index in [2.05, 4.69) is 32.7 Å². The number of nitrogens with one attached hydrogen (secondary N) is 2. The number of hydrogen-bond donors (Lipinski definition) is 2. The lowest BCUT2D eigenvalue weighted by molar-refractivity contribution is 0.215. The lowest BCUT2D eigenvalue weighted by atomic mass is 10.1. The summed E-state index contributed by atoms with van der Waals surface area (Å²) in [5.41, 5.74) is 1.14. The third-order valence-electron chi connectivity index (χ3n) is 4.78. The molecule has 1 aliphatic rings. The van der Waals surface area contributed by atoms with Gasteiger partial charge in [-0.05, 0) is 56.1 Å². The van der Waals surface area contributed by atoms with Gasteiger partial charge in [-0.3, -0.25) is 9.89 Å². The molecule has 1 aliphatic heterocycles. The Morgan fingerprint density at radius 1 is 1.19 bits per heavy atom. The minimum Gasteiger partial charge on any atom is -0.468 e. The number of nitrogens with zero attached hydrogens (tertiary/aromatic N) is 2. The number of guanidine groups is 1. The Balaban J connectivity index is 1.51. The molecule has 0 bridgehead atoms. The maximum absolute atomic E-state index is 6.22. The maximum atomic E-state index is 6.22. The third kappa shape index (κ3) is 5.02. The van der Waals surface area contributed by atoms with Crippen molar-refractivity contribution in [1.82, 2.24) is 15.5 Å². The summed E-state index contributed by atoms with van der Waals surface area (Å²) < 4.78 is 5.67. The van der Waals surface area contributed by atoms with Crippen molar-refractivity contribution in [2.45, 2.75) is 25.3 Å². The van der Waals surface area contributed by atoms with Crippen LogP contribution in [0.3, 0.4) is 0 Å². The highest BCUT2D eigenvalue weighted by Crippen LogP contribution is 2.24. The molecule has 0 amide bonds. The number of benzene rings is 1. The first-order chi connectivity index (χ1) is 12.8. The molecule has 0 saturated carbocycles. The Kier molecular flexibility index (Phi) is 6.97. The average Bonchev–Trinajstić information content (AvgIpc) is 3.36. The molecule has 3 rings (SSSR count). The van der Waals surface area contributed by atoms with Crippen molar-refractivity contribution in [1.29, 1.82) is 0 Å². The van der Waals surface area contributed by atoms with Crippen LogP contribution >= 0.6 is 11.6 Å². The molecule has 2 N–H and O–H groups in total. The van der Waals surface area contributed by atoms with Crippen LogP contribution in [0.4, 0.5) is 0 Å². The van der Waals surface area contributed by atoms with Gasteiger partial charge in [0.2, 0.25) is 0 Å². The highest BCUT2D eigenvalue weighted by atomic mass is 35.5. The Morgan fingerprint density at radius 2 is 2.00 bits per heavy atom. The number of aliphatic imine (C=N–C) groups is 1. The zero-order chi connectivity index (χ0) is 18.2. The Hall–Kier alpha value is -1.98. The van der Waals surface area contributed by atoms with E-state index in [-0.39, 0.29) is 6.04 Å². The van der Waals surface area contributed by atoms with Crippen LogP contribution in [0, 0.1) is 0 Å². The van der Waals surface area contributed by atoms with Gasteiger partial charge in [-0.25, -0.2) is 0 Å². The molecular formula is C20H27ClN4O. The van der Waals surface area contributed by atoms with E-state index in [1.54, 1.807) is 13.3 Å². The van der Waals surface area contributed by atoms with Gasteiger partial charge in [0.1, 0.15) is 5.76 Å². The summed E-state index contributed by atoms with van der Waals surface area (Å²) in [5.74, 6) is 1.80. The van der Waals surface area contributed by atoms with Crippen molar-refractivity contribution in [3.05, 3.63) is 59.0 Å². The van der Waals surface area contributed by atoms with Gasteiger partial charge in [-0.1, -0.05) is 29.8 Å². The predicted molar refractivity (Wildman–Crippen MR) is 107 cm³/mol. The van der Waals surface area contributed by atoms with Crippen LogP contribution < -0.4 is 10.6 Å². The smallest absolute Gasteiger partial charge is 0.191 e. The van der Waals surface area contributed by atoms with E-state index in [1.807, 2.05) is 24.3 Å². The number of rotatable bonds is 7. The summed E-state index contributed by atoms with van der Waals surface area (Å²) in [7, 11) is 1.79. The van der Waals surface area contributed by atoms with Crippen LogP contribution in [-0.2, 0) is 6.42 Å². The first kappa shape index (κ1) is 18.8. The molecule has 0 aliphatic carbocycles. The second kappa shape index (κ2) is 9.64. The second-order valence-electron chi connectivity index (χ2n) is 6.50. The van der Waals surface area contributed by atoms with Gasteiger partial charge in [0.05, 0.1) is 12.3 Å². The molecule has 6 heteroatoms. The summed E-state index contributed by atoms with van der Waals surface area (Å²) in [6.07, 6.45) is 5.10. The Morgan fingerprint density at radius 3 is 2.69 bits per heavy atom. The fourth-order valence-electron chi connectivity index (χ4n) is 3.37. The molecule has 26 heavy (non-hydrogen) atoms. The average molecular weight is 375 g/mol. The van der Waals surface area contributed by atoms with Gasteiger partial charge in [-0.2, -0.15) is 0 Å². The molecule has 1 aromatic heterocycles. The van der Waals surface area contributed by atoms with E-state index < -0.39 is 0 Å². The molecule has 1 saturated heterocycles.